The van der Waals surface area contributed by atoms with Gasteiger partial charge in [0.25, 0.3) is 0 Å². The van der Waals surface area contributed by atoms with Gasteiger partial charge >= 0.3 is 29.6 Å². The van der Waals surface area contributed by atoms with Crippen LogP contribution in [0.2, 0.25) is 0 Å². The van der Waals surface area contributed by atoms with Crippen molar-refractivity contribution in [3.8, 4) is 17.2 Å². The number of benzene rings is 1. The molecule has 222 valence electrons. The number of allylic oxidation sites excluding steroid dienone is 2. The van der Waals surface area contributed by atoms with E-state index in [4.69, 9.17) is 9.47 Å². The van der Waals surface area contributed by atoms with E-state index in [-0.39, 0.29) is 29.6 Å². The molecule has 10 N–H and O–H groups in total. The van der Waals surface area contributed by atoms with Crippen molar-refractivity contribution in [2.24, 2.45) is 0 Å². The molecule has 4 rings (SSSR count). The maximum atomic E-state index is 13.7. The Morgan fingerprint density at radius 2 is 1.05 bits per heavy atom. The van der Waals surface area contributed by atoms with E-state index < -0.39 is 128 Å². The molecule has 0 spiro atoms. The van der Waals surface area contributed by atoms with Crippen LogP contribution < -0.4 is 34.7 Å². The van der Waals surface area contributed by atoms with Gasteiger partial charge in [-0.25, -0.2) is 0 Å². The smallest absolute Gasteiger partial charge is 0.870 e. The van der Waals surface area contributed by atoms with Crippen molar-refractivity contribution < 1.29 is 105 Å². The number of hydrogen-bond donors (Lipinski definition) is 10. The van der Waals surface area contributed by atoms with Crippen LogP contribution in [0.15, 0.2) is 9.81 Å². The number of thioether (sulfide) groups is 2. The fourth-order valence-electron chi connectivity index (χ4n) is 4.47. The van der Waals surface area contributed by atoms with Gasteiger partial charge in [-0.2, -0.15) is 0 Å². The summed E-state index contributed by atoms with van der Waals surface area (Å²) >= 11 is 0.666. The van der Waals surface area contributed by atoms with Crippen LogP contribution in [-0.2, 0) is 9.47 Å². The summed E-state index contributed by atoms with van der Waals surface area (Å²) in [5, 5.41) is 114. The van der Waals surface area contributed by atoms with Gasteiger partial charge < -0.3 is 65.6 Å². The third-order valence-electron chi connectivity index (χ3n) is 6.87. The minimum absolute atomic E-state index is 0. The fourth-order valence-corrected chi connectivity index (χ4v) is 7.04. The Morgan fingerprint density at radius 3 is 1.41 bits per heavy atom. The van der Waals surface area contributed by atoms with Crippen LogP contribution >= 0.6 is 23.5 Å². The summed E-state index contributed by atoms with van der Waals surface area (Å²) < 4.78 is 10.8. The van der Waals surface area contributed by atoms with E-state index in [1.54, 1.807) is 0 Å². The number of aliphatic hydroxyl groups is 8. The number of ether oxygens (including phenoxy) is 2. The summed E-state index contributed by atoms with van der Waals surface area (Å²) in [4.78, 5) is 26.2. The molecular weight excluding hydrogens is 603 g/mol. The predicted octanol–water partition coefficient (Wildman–Crippen LogP) is -6.86. The Morgan fingerprint density at radius 1 is 0.683 bits per heavy atom. The minimum atomic E-state index is -1.88. The molecule has 0 saturated carbocycles. The quantitative estimate of drug-likeness (QED) is 0.103. The van der Waals surface area contributed by atoms with Crippen LogP contribution in [0.25, 0.3) is 0 Å². The van der Waals surface area contributed by atoms with Crippen LogP contribution in [0.5, 0.6) is 17.2 Å². The zero-order valence-electron chi connectivity index (χ0n) is 21.5. The Balaban J connectivity index is 0.00000462. The molecule has 3 aliphatic rings. The summed E-state index contributed by atoms with van der Waals surface area (Å²) in [6.45, 7) is -0.512. The van der Waals surface area contributed by atoms with Gasteiger partial charge in [-0.3, -0.25) is 9.59 Å². The molecule has 0 unspecified atom stereocenters. The molecule has 41 heavy (non-hydrogen) atoms. The number of rotatable bonds is 6. The Kier molecular flexibility index (Phi) is 11.2. The zero-order chi connectivity index (χ0) is 29.8. The first kappa shape index (κ1) is 34.5. The third kappa shape index (κ3) is 5.92. The molecule has 1 aromatic rings. The van der Waals surface area contributed by atoms with Gasteiger partial charge in [0.1, 0.15) is 71.2 Å². The predicted molar refractivity (Wildman–Crippen MR) is 132 cm³/mol. The van der Waals surface area contributed by atoms with Crippen molar-refractivity contribution in [3.63, 3.8) is 0 Å². The molecule has 0 radical (unpaired) electrons. The SMILES string of the molecule is Cc1c([O-])c(O)c2c(c1O)C(=O)C(S[C@@H]1O[C@H](CO)[C@@H](O)[C@H](O)[C@H]1O)=C(S[C@@H]1O[C@H](CO)[C@@H](O)[C@H](O)[C@H]1O)C2=O.[Na+]. The number of aliphatic hydroxyl groups excluding tert-OH is 8. The Bertz CT molecular complexity index is 1130. The summed E-state index contributed by atoms with van der Waals surface area (Å²) in [6, 6.07) is 0. The average Bonchev–Trinajstić information content (AvgIpc) is 2.93. The second kappa shape index (κ2) is 13.3. The second-order valence-electron chi connectivity index (χ2n) is 9.35. The molecule has 18 heteroatoms. The number of phenolic OH excluding ortho intramolecular Hbond substituents is 2. The number of aromatic hydroxyl groups is 2. The molecule has 2 heterocycles. The monoisotopic (exact) mass is 630 g/mol. The van der Waals surface area contributed by atoms with Gasteiger partial charge in [0.15, 0.2) is 0 Å². The summed E-state index contributed by atoms with van der Waals surface area (Å²) in [7, 11) is 0. The largest absolute Gasteiger partial charge is 1.00 e. The Hall–Kier alpha value is -1.00. The maximum Gasteiger partial charge on any atom is 1.00 e. The van der Waals surface area contributed by atoms with Crippen molar-refractivity contribution >= 4 is 35.1 Å². The molecular formula is C23H27NaO15S2. The van der Waals surface area contributed by atoms with Crippen molar-refractivity contribution in [2.75, 3.05) is 13.2 Å². The molecule has 1 aromatic carbocycles. The number of carbonyl (C=O) groups is 2. The topological polar surface area (TPSA) is 278 Å². The van der Waals surface area contributed by atoms with Crippen molar-refractivity contribution in [3.05, 3.63) is 26.5 Å². The fraction of sp³-hybridized carbons (Fsp3) is 0.565. The van der Waals surface area contributed by atoms with E-state index in [0.717, 1.165) is 6.92 Å². The molecule has 0 aromatic heterocycles. The molecule has 2 fully saturated rings. The normalized spacial score (nSPS) is 35.7. The molecule has 15 nitrogen and oxygen atoms in total. The van der Waals surface area contributed by atoms with Crippen LogP contribution in [0.3, 0.4) is 0 Å². The summed E-state index contributed by atoms with van der Waals surface area (Å²) in [5.41, 5.74) is -5.25. The first-order chi connectivity index (χ1) is 18.8. The van der Waals surface area contributed by atoms with E-state index in [1.807, 2.05) is 0 Å². The molecule has 0 amide bonds. The molecule has 0 bridgehead atoms. The van der Waals surface area contributed by atoms with Crippen molar-refractivity contribution in [1.82, 2.24) is 0 Å². The molecule has 1 aliphatic carbocycles. The Labute approximate surface area is 262 Å². The van der Waals surface area contributed by atoms with Gasteiger partial charge in [-0.05, 0) is 12.5 Å². The average molecular weight is 631 g/mol. The number of fused-ring (bicyclic) bond motifs is 1. The van der Waals surface area contributed by atoms with Crippen LogP contribution in [0.1, 0.15) is 26.3 Å². The summed E-state index contributed by atoms with van der Waals surface area (Å²) in [5.74, 6) is -5.53. The van der Waals surface area contributed by atoms with E-state index in [9.17, 15) is 65.8 Å². The standard InChI is InChI=1S/C23H28O15S2.Na/c1-4-9(26)7-8(13(30)10(4)27)15(32)21(40-23-19(36)17(34)12(29)6(3-25)38-23)20(14(7)31)39-22-18(35)16(33)11(28)5(2-24)37-22;/h5-6,11-12,16-19,22-30,33-36H,2-3H2,1H3;/q;+1/p-1/t5-,6-,11-,12-,16+,17+,18-,19-,22+,23+;/m1./s1. The number of phenols is 2. The van der Waals surface area contributed by atoms with Crippen LogP contribution in [0.4, 0.5) is 0 Å². The van der Waals surface area contributed by atoms with E-state index in [2.05, 4.69) is 0 Å². The van der Waals surface area contributed by atoms with Crippen LogP contribution in [-0.4, -0.2) is 136 Å². The number of ketones is 2. The van der Waals surface area contributed by atoms with Gasteiger partial charge in [0.2, 0.25) is 11.6 Å². The molecule has 10 atom stereocenters. The third-order valence-corrected chi connectivity index (χ3v) is 9.50. The van der Waals surface area contributed by atoms with Gasteiger partial charge in [-0.15, -0.1) is 0 Å². The van der Waals surface area contributed by atoms with Crippen molar-refractivity contribution in [2.45, 2.75) is 66.6 Å². The molecule has 2 saturated heterocycles. The first-order valence-corrected chi connectivity index (χ1v) is 13.6. The van der Waals surface area contributed by atoms with Gasteiger partial charge in [0, 0.05) is 0 Å². The number of hydrogen-bond acceptors (Lipinski definition) is 17. The number of carbonyl (C=O) groups excluding carboxylic acids is 2. The van der Waals surface area contributed by atoms with E-state index in [1.165, 1.54) is 0 Å². The number of Topliss-reactive ketones (excluding diaryl/α,β-unsaturated/α-hetero) is 2. The van der Waals surface area contributed by atoms with Gasteiger partial charge in [0.05, 0.1) is 34.2 Å². The first-order valence-electron chi connectivity index (χ1n) is 11.8. The van der Waals surface area contributed by atoms with Gasteiger partial charge in [-0.1, -0.05) is 29.3 Å². The van der Waals surface area contributed by atoms with E-state index >= 15 is 0 Å². The second-order valence-corrected chi connectivity index (χ2v) is 11.6. The van der Waals surface area contributed by atoms with Crippen molar-refractivity contribution in [1.29, 1.82) is 0 Å². The van der Waals surface area contributed by atoms with Crippen LogP contribution in [0, 0.1) is 6.92 Å². The summed E-state index contributed by atoms with van der Waals surface area (Å²) in [6.07, 6.45) is -13.7. The molecule has 2 aliphatic heterocycles. The zero-order valence-corrected chi connectivity index (χ0v) is 25.2. The minimum Gasteiger partial charge on any atom is -0.870 e. The maximum absolute atomic E-state index is 13.7. The van der Waals surface area contributed by atoms with E-state index in [0.29, 0.717) is 23.5 Å².